The molecule has 0 spiro atoms. The molecule has 2 aliphatic rings. The molecule has 1 aliphatic heterocycles. The van der Waals surface area contributed by atoms with Crippen LogP contribution in [0.15, 0.2) is 23.8 Å². The smallest absolute Gasteiger partial charge is 0.307 e. The Morgan fingerprint density at radius 3 is 3.11 bits per heavy atom. The number of carboxylic acids is 1. The van der Waals surface area contributed by atoms with Crippen LogP contribution >= 0.6 is 0 Å². The fourth-order valence-electron chi connectivity index (χ4n) is 2.99. The highest BCUT2D eigenvalue weighted by molar-refractivity contribution is 5.71. The Kier molecular flexibility index (Phi) is 3.28. The Hall–Kier alpha value is -1.77. The molecule has 1 atom stereocenters. The quantitative estimate of drug-likeness (QED) is 0.885. The van der Waals surface area contributed by atoms with Crippen molar-refractivity contribution in [3.05, 3.63) is 34.9 Å². The van der Waals surface area contributed by atoms with Crippen molar-refractivity contribution < 1.29 is 14.6 Å². The molecule has 1 N–H and O–H groups in total. The Balaban J connectivity index is 1.90. The summed E-state index contributed by atoms with van der Waals surface area (Å²) in [6.45, 7) is 0.732. The molecular weight excluding hydrogens is 240 g/mol. The summed E-state index contributed by atoms with van der Waals surface area (Å²) < 4.78 is 5.90. The van der Waals surface area contributed by atoms with Gasteiger partial charge in [-0.3, -0.25) is 4.79 Å². The van der Waals surface area contributed by atoms with Crippen LogP contribution < -0.4 is 4.74 Å². The number of carbonyl (C=O) groups is 1. The van der Waals surface area contributed by atoms with E-state index in [-0.39, 0.29) is 6.42 Å². The van der Waals surface area contributed by atoms with Crippen LogP contribution in [0.3, 0.4) is 0 Å². The third kappa shape index (κ3) is 2.65. The highest BCUT2D eigenvalue weighted by atomic mass is 16.5. The lowest BCUT2D eigenvalue weighted by molar-refractivity contribution is -0.136. The van der Waals surface area contributed by atoms with E-state index in [0.29, 0.717) is 5.92 Å². The molecule has 0 aromatic heterocycles. The summed E-state index contributed by atoms with van der Waals surface area (Å²) in [6, 6.07) is 5.74. The second kappa shape index (κ2) is 5.08. The molecule has 0 amide bonds. The van der Waals surface area contributed by atoms with E-state index in [1.165, 1.54) is 31.3 Å². The van der Waals surface area contributed by atoms with Crippen molar-refractivity contribution in [2.24, 2.45) is 5.92 Å². The third-order valence-electron chi connectivity index (χ3n) is 4.01. The van der Waals surface area contributed by atoms with Crippen molar-refractivity contribution in [1.29, 1.82) is 0 Å². The van der Waals surface area contributed by atoms with Gasteiger partial charge in [0.2, 0.25) is 0 Å². The summed E-state index contributed by atoms with van der Waals surface area (Å²) in [5, 5.41) is 8.84. The molecule has 0 bridgehead atoms. The maximum atomic E-state index is 10.8. The molecule has 1 aliphatic carbocycles. The van der Waals surface area contributed by atoms with Crippen LogP contribution in [-0.2, 0) is 11.2 Å². The minimum absolute atomic E-state index is 0.0522. The van der Waals surface area contributed by atoms with Gasteiger partial charge in [-0.25, -0.2) is 0 Å². The van der Waals surface area contributed by atoms with Crippen molar-refractivity contribution in [2.45, 2.75) is 32.1 Å². The molecule has 0 saturated heterocycles. The molecule has 1 unspecified atom stereocenters. The first kappa shape index (κ1) is 12.3. The van der Waals surface area contributed by atoms with Gasteiger partial charge in [-0.1, -0.05) is 30.2 Å². The predicted octanol–water partition coefficient (Wildman–Crippen LogP) is 3.28. The van der Waals surface area contributed by atoms with E-state index in [1.807, 2.05) is 18.2 Å². The Morgan fingerprint density at radius 2 is 2.26 bits per heavy atom. The van der Waals surface area contributed by atoms with Crippen LogP contribution in [0, 0.1) is 5.92 Å². The number of ether oxygens (including phenoxy) is 1. The molecule has 19 heavy (non-hydrogen) atoms. The van der Waals surface area contributed by atoms with E-state index in [2.05, 4.69) is 6.08 Å². The van der Waals surface area contributed by atoms with E-state index in [1.54, 1.807) is 0 Å². The van der Waals surface area contributed by atoms with Gasteiger partial charge >= 0.3 is 5.97 Å². The zero-order valence-electron chi connectivity index (χ0n) is 10.9. The zero-order valence-corrected chi connectivity index (χ0v) is 10.9. The lowest BCUT2D eigenvalue weighted by Crippen LogP contribution is -2.16. The minimum Gasteiger partial charge on any atom is -0.492 e. The number of fused-ring (bicyclic) bond motifs is 2. The average molecular weight is 258 g/mol. The van der Waals surface area contributed by atoms with Gasteiger partial charge in [-0.15, -0.1) is 0 Å². The van der Waals surface area contributed by atoms with Crippen LogP contribution in [0.5, 0.6) is 5.75 Å². The molecule has 1 aromatic carbocycles. The summed E-state index contributed by atoms with van der Waals surface area (Å²) in [5.41, 5.74) is 3.39. The van der Waals surface area contributed by atoms with Crippen LogP contribution in [0.1, 0.15) is 36.8 Å². The molecular formula is C16H18O3. The number of aliphatic carboxylic acids is 1. The molecule has 3 nitrogen and oxygen atoms in total. The van der Waals surface area contributed by atoms with Gasteiger partial charge in [-0.05, 0) is 30.9 Å². The van der Waals surface area contributed by atoms with E-state index >= 15 is 0 Å². The lowest BCUT2D eigenvalue weighted by atomic mass is 9.84. The monoisotopic (exact) mass is 258 g/mol. The number of hydrogen-bond donors (Lipinski definition) is 1. The second-order valence-electron chi connectivity index (χ2n) is 5.42. The number of benzene rings is 1. The largest absolute Gasteiger partial charge is 0.492 e. The van der Waals surface area contributed by atoms with Gasteiger partial charge in [0, 0.05) is 11.5 Å². The van der Waals surface area contributed by atoms with Crippen LogP contribution in [0.25, 0.3) is 6.08 Å². The van der Waals surface area contributed by atoms with Gasteiger partial charge in [0.15, 0.2) is 0 Å². The molecule has 3 heteroatoms. The zero-order chi connectivity index (χ0) is 13.2. The SMILES string of the molecule is O=C(O)Cc1ccc2c(c1)OCC1CCCCC1=C2. The van der Waals surface area contributed by atoms with Crippen molar-refractivity contribution in [1.82, 2.24) is 0 Å². The molecule has 1 aromatic rings. The minimum atomic E-state index is -0.805. The van der Waals surface area contributed by atoms with Crippen LogP contribution in [-0.4, -0.2) is 17.7 Å². The van der Waals surface area contributed by atoms with Crippen molar-refractivity contribution in [2.75, 3.05) is 6.61 Å². The van der Waals surface area contributed by atoms with Gasteiger partial charge < -0.3 is 9.84 Å². The van der Waals surface area contributed by atoms with E-state index < -0.39 is 5.97 Å². The number of rotatable bonds is 2. The van der Waals surface area contributed by atoms with Crippen molar-refractivity contribution in [3.63, 3.8) is 0 Å². The standard InChI is InChI=1S/C16H18O3/c17-16(18)8-11-5-6-13-9-12-3-1-2-4-14(12)10-19-15(13)7-11/h5-7,9,14H,1-4,8,10H2,(H,17,18). The number of hydrogen-bond acceptors (Lipinski definition) is 2. The highest BCUT2D eigenvalue weighted by Gasteiger charge is 2.23. The van der Waals surface area contributed by atoms with Crippen LogP contribution in [0.2, 0.25) is 0 Å². The van der Waals surface area contributed by atoms with E-state index in [9.17, 15) is 4.79 Å². The first-order chi connectivity index (χ1) is 9.22. The second-order valence-corrected chi connectivity index (χ2v) is 5.42. The molecule has 1 heterocycles. The van der Waals surface area contributed by atoms with Crippen molar-refractivity contribution in [3.8, 4) is 5.75 Å². The fraction of sp³-hybridized carbons (Fsp3) is 0.438. The van der Waals surface area contributed by atoms with Crippen molar-refractivity contribution >= 4 is 12.0 Å². The summed E-state index contributed by atoms with van der Waals surface area (Å²) in [4.78, 5) is 10.8. The lowest BCUT2D eigenvalue weighted by Gasteiger charge is -2.23. The van der Waals surface area contributed by atoms with Crippen LogP contribution in [0.4, 0.5) is 0 Å². The normalized spacial score (nSPS) is 21.5. The first-order valence-electron chi connectivity index (χ1n) is 6.90. The van der Waals surface area contributed by atoms with E-state index in [4.69, 9.17) is 9.84 Å². The van der Waals surface area contributed by atoms with Gasteiger partial charge in [0.1, 0.15) is 5.75 Å². The molecule has 0 radical (unpaired) electrons. The maximum absolute atomic E-state index is 10.8. The first-order valence-corrected chi connectivity index (χ1v) is 6.90. The summed E-state index contributed by atoms with van der Waals surface area (Å²) in [5.74, 6) is 0.574. The third-order valence-corrected chi connectivity index (χ3v) is 4.01. The highest BCUT2D eigenvalue weighted by Crippen LogP contribution is 2.36. The Labute approximate surface area is 112 Å². The van der Waals surface area contributed by atoms with Gasteiger partial charge in [0.05, 0.1) is 13.0 Å². The van der Waals surface area contributed by atoms with Gasteiger partial charge in [-0.2, -0.15) is 0 Å². The molecule has 100 valence electrons. The summed E-state index contributed by atoms with van der Waals surface area (Å²) >= 11 is 0. The van der Waals surface area contributed by atoms with Gasteiger partial charge in [0.25, 0.3) is 0 Å². The average Bonchev–Trinajstić information content (AvgIpc) is 2.57. The predicted molar refractivity (Wildman–Crippen MR) is 73.2 cm³/mol. The maximum Gasteiger partial charge on any atom is 0.307 e. The molecule has 1 saturated carbocycles. The Bertz CT molecular complexity index is 531. The van der Waals surface area contributed by atoms with E-state index in [0.717, 1.165) is 23.5 Å². The molecule has 1 fully saturated rings. The summed E-state index contributed by atoms with van der Waals surface area (Å²) in [7, 11) is 0. The molecule has 3 rings (SSSR count). The topological polar surface area (TPSA) is 46.5 Å². The summed E-state index contributed by atoms with van der Waals surface area (Å²) in [6.07, 6.45) is 7.24. The fourth-order valence-corrected chi connectivity index (χ4v) is 2.99. The number of carboxylic acid groups (broad SMARTS) is 1. The Morgan fingerprint density at radius 1 is 1.37 bits per heavy atom.